The standard InChI is InChI=1S/C18H27NO5/c1-11(2)14-8-7-12(3)15(9-14)24-13(4)16(20)19-18(5,10-23-6)17(21)22/h7-9,11,13H,10H2,1-6H3,(H,19,20)(H,21,22). The van der Waals surface area contributed by atoms with E-state index < -0.39 is 23.5 Å². The van der Waals surface area contributed by atoms with E-state index >= 15 is 0 Å². The van der Waals surface area contributed by atoms with Crippen molar-refractivity contribution < 1.29 is 24.2 Å². The lowest BCUT2D eigenvalue weighted by atomic mass is 10.0. The average molecular weight is 337 g/mol. The minimum atomic E-state index is -1.50. The summed E-state index contributed by atoms with van der Waals surface area (Å²) in [6.45, 7) is 8.90. The van der Waals surface area contributed by atoms with Gasteiger partial charge in [0, 0.05) is 7.11 Å². The van der Waals surface area contributed by atoms with Crippen LogP contribution in [0.3, 0.4) is 0 Å². The van der Waals surface area contributed by atoms with Crippen LogP contribution in [0.15, 0.2) is 18.2 Å². The third kappa shape index (κ3) is 4.96. The van der Waals surface area contributed by atoms with Crippen molar-refractivity contribution in [2.24, 2.45) is 0 Å². The molecule has 0 bridgehead atoms. The van der Waals surface area contributed by atoms with E-state index in [1.54, 1.807) is 6.92 Å². The smallest absolute Gasteiger partial charge is 0.331 e. The summed E-state index contributed by atoms with van der Waals surface area (Å²) in [5.74, 6) is -0.712. The Labute approximate surface area is 143 Å². The number of hydrogen-bond donors (Lipinski definition) is 2. The number of benzene rings is 1. The van der Waals surface area contributed by atoms with Crippen LogP contribution in [0.1, 0.15) is 44.7 Å². The van der Waals surface area contributed by atoms with Gasteiger partial charge >= 0.3 is 5.97 Å². The highest BCUT2D eigenvalue weighted by Gasteiger charge is 2.36. The van der Waals surface area contributed by atoms with Gasteiger partial charge in [-0.25, -0.2) is 4.79 Å². The lowest BCUT2D eigenvalue weighted by Gasteiger charge is -2.27. The molecule has 0 saturated carbocycles. The maximum atomic E-state index is 12.3. The van der Waals surface area contributed by atoms with Crippen molar-refractivity contribution in [2.45, 2.75) is 52.2 Å². The second-order valence-corrected chi connectivity index (χ2v) is 6.50. The third-order valence-electron chi connectivity index (χ3n) is 3.86. The second kappa shape index (κ2) is 8.15. The van der Waals surface area contributed by atoms with E-state index in [0.717, 1.165) is 11.1 Å². The molecule has 2 unspecified atom stereocenters. The van der Waals surface area contributed by atoms with Crippen LogP contribution in [-0.4, -0.2) is 42.3 Å². The summed E-state index contributed by atoms with van der Waals surface area (Å²) in [5.41, 5.74) is 0.521. The zero-order valence-electron chi connectivity index (χ0n) is 15.2. The lowest BCUT2D eigenvalue weighted by molar-refractivity contribution is -0.150. The van der Waals surface area contributed by atoms with Crippen LogP contribution in [-0.2, 0) is 14.3 Å². The predicted molar refractivity (Wildman–Crippen MR) is 91.4 cm³/mol. The summed E-state index contributed by atoms with van der Waals surface area (Å²) < 4.78 is 10.6. The normalized spacial score (nSPS) is 14.8. The number of aliphatic carboxylic acids is 1. The number of rotatable bonds is 8. The van der Waals surface area contributed by atoms with Crippen molar-refractivity contribution in [3.8, 4) is 5.75 Å². The molecule has 0 heterocycles. The van der Waals surface area contributed by atoms with E-state index in [1.165, 1.54) is 14.0 Å². The molecule has 1 aromatic carbocycles. The number of amides is 1. The van der Waals surface area contributed by atoms with Crippen molar-refractivity contribution >= 4 is 11.9 Å². The van der Waals surface area contributed by atoms with E-state index in [9.17, 15) is 14.7 Å². The summed E-state index contributed by atoms with van der Waals surface area (Å²) in [6, 6.07) is 5.88. The molecule has 2 N–H and O–H groups in total. The number of methoxy groups -OCH3 is 1. The highest BCUT2D eigenvalue weighted by Crippen LogP contribution is 2.25. The molecule has 1 amide bonds. The van der Waals surface area contributed by atoms with E-state index in [4.69, 9.17) is 9.47 Å². The number of carbonyl (C=O) groups excluding carboxylic acids is 1. The molecule has 134 valence electrons. The first-order valence-corrected chi connectivity index (χ1v) is 7.92. The van der Waals surface area contributed by atoms with Crippen LogP contribution in [0.2, 0.25) is 0 Å². The molecule has 6 heteroatoms. The Morgan fingerprint density at radius 3 is 2.42 bits per heavy atom. The van der Waals surface area contributed by atoms with Crippen LogP contribution < -0.4 is 10.1 Å². The van der Waals surface area contributed by atoms with Gasteiger partial charge in [0.15, 0.2) is 11.6 Å². The Morgan fingerprint density at radius 1 is 1.29 bits per heavy atom. The van der Waals surface area contributed by atoms with Crippen molar-refractivity contribution in [3.63, 3.8) is 0 Å². The SMILES string of the molecule is COCC(C)(NC(=O)C(C)Oc1cc(C(C)C)ccc1C)C(=O)O. The average Bonchev–Trinajstić information content (AvgIpc) is 2.49. The van der Waals surface area contributed by atoms with Crippen LogP contribution in [0.5, 0.6) is 5.75 Å². The summed E-state index contributed by atoms with van der Waals surface area (Å²) in [4.78, 5) is 23.7. The van der Waals surface area contributed by atoms with E-state index in [1.807, 2.05) is 25.1 Å². The molecule has 0 saturated heterocycles. The van der Waals surface area contributed by atoms with Gasteiger partial charge in [0.1, 0.15) is 5.75 Å². The molecule has 0 aliphatic carbocycles. The molecule has 0 fully saturated rings. The van der Waals surface area contributed by atoms with Gasteiger partial charge in [-0.1, -0.05) is 26.0 Å². The van der Waals surface area contributed by atoms with Crippen molar-refractivity contribution in [1.82, 2.24) is 5.32 Å². The lowest BCUT2D eigenvalue weighted by Crippen LogP contribution is -2.57. The van der Waals surface area contributed by atoms with Crippen LogP contribution >= 0.6 is 0 Å². The minimum Gasteiger partial charge on any atom is -0.481 e. The first kappa shape index (κ1) is 20.0. The fraction of sp³-hybridized carbons (Fsp3) is 0.556. The van der Waals surface area contributed by atoms with Crippen molar-refractivity contribution in [3.05, 3.63) is 29.3 Å². The van der Waals surface area contributed by atoms with Gasteiger partial charge in [-0.15, -0.1) is 0 Å². The van der Waals surface area contributed by atoms with Gasteiger partial charge in [-0.05, 0) is 43.9 Å². The van der Waals surface area contributed by atoms with Crippen LogP contribution in [0.25, 0.3) is 0 Å². The van der Waals surface area contributed by atoms with Crippen LogP contribution in [0, 0.1) is 6.92 Å². The van der Waals surface area contributed by atoms with Gasteiger partial charge < -0.3 is 19.9 Å². The second-order valence-electron chi connectivity index (χ2n) is 6.50. The summed E-state index contributed by atoms with van der Waals surface area (Å²) in [5, 5.41) is 11.8. The predicted octanol–water partition coefficient (Wildman–Crippen LogP) is 2.49. The zero-order chi connectivity index (χ0) is 18.5. The monoisotopic (exact) mass is 337 g/mol. The fourth-order valence-electron chi connectivity index (χ4n) is 2.16. The number of carboxylic acid groups (broad SMARTS) is 1. The molecule has 6 nitrogen and oxygen atoms in total. The summed E-state index contributed by atoms with van der Waals surface area (Å²) in [6.07, 6.45) is -0.832. The molecule has 1 rings (SSSR count). The number of carbonyl (C=O) groups is 2. The van der Waals surface area contributed by atoms with Crippen molar-refractivity contribution in [1.29, 1.82) is 0 Å². The molecular weight excluding hydrogens is 310 g/mol. The Hall–Kier alpha value is -2.08. The Bertz CT molecular complexity index is 599. The van der Waals surface area contributed by atoms with Gasteiger partial charge in [-0.2, -0.15) is 0 Å². The maximum absolute atomic E-state index is 12.3. The van der Waals surface area contributed by atoms with Crippen LogP contribution in [0.4, 0.5) is 0 Å². The first-order valence-electron chi connectivity index (χ1n) is 7.92. The molecule has 24 heavy (non-hydrogen) atoms. The maximum Gasteiger partial charge on any atom is 0.331 e. The topological polar surface area (TPSA) is 84.9 Å². The summed E-state index contributed by atoms with van der Waals surface area (Å²) >= 11 is 0. The quantitative estimate of drug-likeness (QED) is 0.761. The third-order valence-corrected chi connectivity index (χ3v) is 3.86. The Balaban J connectivity index is 2.87. The zero-order valence-corrected chi connectivity index (χ0v) is 15.2. The Kier molecular flexibility index (Phi) is 6.78. The number of hydrogen-bond acceptors (Lipinski definition) is 4. The van der Waals surface area contributed by atoms with E-state index in [2.05, 4.69) is 19.2 Å². The molecule has 0 aromatic heterocycles. The molecule has 0 aliphatic heterocycles. The summed E-state index contributed by atoms with van der Waals surface area (Å²) in [7, 11) is 1.38. The van der Waals surface area contributed by atoms with E-state index in [0.29, 0.717) is 11.7 Å². The highest BCUT2D eigenvalue weighted by molar-refractivity contribution is 5.89. The first-order chi connectivity index (χ1) is 11.1. The molecule has 0 aliphatic rings. The molecular formula is C18H27NO5. The van der Waals surface area contributed by atoms with E-state index in [-0.39, 0.29) is 6.61 Å². The van der Waals surface area contributed by atoms with Gasteiger partial charge in [0.05, 0.1) is 6.61 Å². The number of aryl methyl sites for hydroxylation is 1. The van der Waals surface area contributed by atoms with Gasteiger partial charge in [-0.3, -0.25) is 4.79 Å². The largest absolute Gasteiger partial charge is 0.481 e. The number of nitrogens with one attached hydrogen (secondary N) is 1. The highest BCUT2D eigenvalue weighted by atomic mass is 16.5. The molecule has 1 aromatic rings. The number of carboxylic acids is 1. The number of ether oxygens (including phenoxy) is 2. The molecule has 2 atom stereocenters. The van der Waals surface area contributed by atoms with Gasteiger partial charge in [0.2, 0.25) is 0 Å². The molecule has 0 radical (unpaired) electrons. The van der Waals surface area contributed by atoms with Crippen molar-refractivity contribution in [2.75, 3.05) is 13.7 Å². The minimum absolute atomic E-state index is 0.136. The van der Waals surface area contributed by atoms with Gasteiger partial charge in [0.25, 0.3) is 5.91 Å². The fourth-order valence-corrected chi connectivity index (χ4v) is 2.16. The molecule has 0 spiro atoms. The Morgan fingerprint density at radius 2 is 1.92 bits per heavy atom.